The van der Waals surface area contributed by atoms with E-state index in [0.29, 0.717) is 18.9 Å². The monoisotopic (exact) mass is 307 g/mol. The Kier molecular flexibility index (Phi) is 9.14. The van der Waals surface area contributed by atoms with E-state index in [0.717, 1.165) is 18.4 Å². The van der Waals surface area contributed by atoms with Gasteiger partial charge in [-0.1, -0.05) is 26.3 Å². The molecular formula is C19H33NO2. The summed E-state index contributed by atoms with van der Waals surface area (Å²) in [4.78, 5) is 14.7. The summed E-state index contributed by atoms with van der Waals surface area (Å²) >= 11 is 0. The molecule has 0 amide bonds. The number of aliphatic hydroxyl groups is 1. The van der Waals surface area contributed by atoms with Crippen molar-refractivity contribution in [1.29, 1.82) is 0 Å². The van der Waals surface area contributed by atoms with Gasteiger partial charge in [-0.3, -0.25) is 4.79 Å². The fourth-order valence-corrected chi connectivity index (χ4v) is 3.20. The summed E-state index contributed by atoms with van der Waals surface area (Å²) < 4.78 is 0. The largest absolute Gasteiger partial charge is 0.513 e. The Hall–Kier alpha value is -1.09. The first-order valence-corrected chi connectivity index (χ1v) is 8.85. The second-order valence-electron chi connectivity index (χ2n) is 6.49. The van der Waals surface area contributed by atoms with E-state index >= 15 is 0 Å². The molecule has 1 unspecified atom stereocenters. The third-order valence-electron chi connectivity index (χ3n) is 4.51. The zero-order chi connectivity index (χ0) is 16.4. The highest BCUT2D eigenvalue weighted by Gasteiger charge is 2.20. The molecule has 0 aliphatic carbocycles. The van der Waals surface area contributed by atoms with E-state index in [9.17, 15) is 4.79 Å². The summed E-state index contributed by atoms with van der Waals surface area (Å²) in [6, 6.07) is 0.606. The molecule has 0 aromatic rings. The summed E-state index contributed by atoms with van der Waals surface area (Å²) in [7, 11) is 0. The number of Topliss-reactive ketones (excluding diaryl/α,β-unsaturated/α-hetero) is 1. The van der Waals surface area contributed by atoms with Gasteiger partial charge in [0.15, 0.2) is 5.78 Å². The normalized spacial score (nSPS) is 18.2. The Morgan fingerprint density at radius 1 is 1.23 bits per heavy atom. The Bertz CT molecular complexity index is 377. The van der Waals surface area contributed by atoms with E-state index < -0.39 is 0 Å². The maximum Gasteiger partial charge on any atom is 0.158 e. The average molecular weight is 307 g/mol. The second kappa shape index (κ2) is 10.6. The Morgan fingerprint density at radius 2 is 1.91 bits per heavy atom. The molecule has 0 saturated carbocycles. The minimum absolute atomic E-state index is 0.145. The van der Waals surface area contributed by atoms with Gasteiger partial charge in [0.05, 0.1) is 5.76 Å². The molecule has 0 spiro atoms. The fourth-order valence-electron chi connectivity index (χ4n) is 3.20. The van der Waals surface area contributed by atoms with E-state index in [1.54, 1.807) is 13.0 Å². The van der Waals surface area contributed by atoms with Crippen LogP contribution in [0.25, 0.3) is 0 Å². The van der Waals surface area contributed by atoms with Crippen LogP contribution in [0.3, 0.4) is 0 Å². The lowest BCUT2D eigenvalue weighted by Crippen LogP contribution is -2.39. The molecule has 0 aromatic carbocycles. The Morgan fingerprint density at radius 3 is 2.50 bits per heavy atom. The van der Waals surface area contributed by atoms with Gasteiger partial charge in [-0.2, -0.15) is 0 Å². The number of nitrogens with zero attached hydrogens (tertiary/aromatic N) is 1. The minimum atomic E-state index is 0.145. The van der Waals surface area contributed by atoms with Crippen molar-refractivity contribution in [2.24, 2.45) is 0 Å². The van der Waals surface area contributed by atoms with Crippen molar-refractivity contribution in [3.63, 3.8) is 0 Å². The van der Waals surface area contributed by atoms with Gasteiger partial charge in [0.25, 0.3) is 0 Å². The van der Waals surface area contributed by atoms with E-state index in [-0.39, 0.29) is 11.5 Å². The number of likely N-dealkylation sites (tertiary alicyclic amines) is 1. The molecule has 1 aliphatic heterocycles. The molecule has 1 fully saturated rings. The van der Waals surface area contributed by atoms with Crippen molar-refractivity contribution in [3.8, 4) is 0 Å². The molecule has 1 aliphatic rings. The molecule has 3 nitrogen and oxygen atoms in total. The summed E-state index contributed by atoms with van der Waals surface area (Å²) in [6.07, 6.45) is 11.0. The molecule has 22 heavy (non-hydrogen) atoms. The molecule has 126 valence electrons. The Balaban J connectivity index is 2.37. The smallest absolute Gasteiger partial charge is 0.158 e. The number of ketones is 1. The third-order valence-corrected chi connectivity index (χ3v) is 4.51. The highest BCUT2D eigenvalue weighted by molar-refractivity contribution is 5.94. The first-order chi connectivity index (χ1) is 10.5. The van der Waals surface area contributed by atoms with Crippen LogP contribution in [0.1, 0.15) is 71.6 Å². The molecule has 1 saturated heterocycles. The molecule has 0 radical (unpaired) electrons. The predicted molar refractivity (Wildman–Crippen MR) is 93.1 cm³/mol. The van der Waals surface area contributed by atoms with E-state index in [2.05, 4.69) is 18.4 Å². The number of allylic oxidation sites excluding steroid dienone is 3. The molecule has 3 heteroatoms. The van der Waals surface area contributed by atoms with Crippen LogP contribution < -0.4 is 0 Å². The molecule has 0 aromatic heterocycles. The fraction of sp³-hybridized carbons (Fsp3) is 0.737. The summed E-state index contributed by atoms with van der Waals surface area (Å²) in [5.41, 5.74) is 0.752. The van der Waals surface area contributed by atoms with Crippen molar-refractivity contribution in [1.82, 2.24) is 4.90 Å². The number of carbonyl (C=O) groups excluding carboxylic acids is 1. The van der Waals surface area contributed by atoms with Crippen LogP contribution in [0.5, 0.6) is 0 Å². The second-order valence-corrected chi connectivity index (χ2v) is 6.49. The molecule has 0 bridgehead atoms. The van der Waals surface area contributed by atoms with E-state index in [1.807, 2.05) is 0 Å². The topological polar surface area (TPSA) is 40.5 Å². The number of hydrogen-bond acceptors (Lipinski definition) is 3. The van der Waals surface area contributed by atoms with Crippen molar-refractivity contribution in [3.05, 3.63) is 24.0 Å². The van der Waals surface area contributed by atoms with Gasteiger partial charge in [-0.05, 0) is 70.2 Å². The zero-order valence-electron chi connectivity index (χ0n) is 14.4. The highest BCUT2D eigenvalue weighted by Crippen LogP contribution is 2.21. The van der Waals surface area contributed by atoms with Crippen LogP contribution in [0.4, 0.5) is 0 Å². The van der Waals surface area contributed by atoms with Gasteiger partial charge in [0, 0.05) is 12.5 Å². The van der Waals surface area contributed by atoms with Crippen LogP contribution in [-0.4, -0.2) is 34.9 Å². The van der Waals surface area contributed by atoms with Crippen LogP contribution in [0.15, 0.2) is 24.0 Å². The first kappa shape index (κ1) is 19.0. The SMILES string of the molecule is C=C(CCC(CCC)N1CCCCC1)C(=O)CC/C=C(/C)O. The van der Waals surface area contributed by atoms with Crippen LogP contribution in [0.2, 0.25) is 0 Å². The zero-order valence-corrected chi connectivity index (χ0v) is 14.4. The lowest BCUT2D eigenvalue weighted by molar-refractivity contribution is -0.115. The maximum atomic E-state index is 12.0. The molecular weight excluding hydrogens is 274 g/mol. The number of rotatable bonds is 10. The van der Waals surface area contributed by atoms with Gasteiger partial charge in [0.1, 0.15) is 0 Å². The summed E-state index contributed by atoms with van der Waals surface area (Å²) in [6.45, 7) is 10.3. The van der Waals surface area contributed by atoms with Gasteiger partial charge in [0.2, 0.25) is 0 Å². The van der Waals surface area contributed by atoms with Gasteiger partial charge in [-0.15, -0.1) is 0 Å². The van der Waals surface area contributed by atoms with Crippen molar-refractivity contribution >= 4 is 5.78 Å². The van der Waals surface area contributed by atoms with Crippen LogP contribution in [-0.2, 0) is 4.79 Å². The van der Waals surface area contributed by atoms with Crippen molar-refractivity contribution in [2.75, 3.05) is 13.1 Å². The van der Waals surface area contributed by atoms with Crippen LogP contribution >= 0.6 is 0 Å². The summed E-state index contributed by atoms with van der Waals surface area (Å²) in [5, 5.41) is 9.11. The summed E-state index contributed by atoms with van der Waals surface area (Å²) in [5.74, 6) is 0.429. The van der Waals surface area contributed by atoms with E-state index in [1.165, 1.54) is 45.2 Å². The van der Waals surface area contributed by atoms with Crippen molar-refractivity contribution < 1.29 is 9.90 Å². The highest BCUT2D eigenvalue weighted by atomic mass is 16.3. The number of piperidine rings is 1. The maximum absolute atomic E-state index is 12.0. The molecule has 1 atom stereocenters. The first-order valence-electron chi connectivity index (χ1n) is 8.85. The Labute approximate surface area is 136 Å². The minimum Gasteiger partial charge on any atom is -0.513 e. The lowest BCUT2D eigenvalue weighted by Gasteiger charge is -2.34. The van der Waals surface area contributed by atoms with Gasteiger partial charge in [-0.25, -0.2) is 0 Å². The predicted octanol–water partition coefficient (Wildman–Crippen LogP) is 4.79. The van der Waals surface area contributed by atoms with Gasteiger partial charge < -0.3 is 10.0 Å². The molecule has 1 heterocycles. The number of aliphatic hydroxyl groups excluding tert-OH is 1. The molecule has 1 N–H and O–H groups in total. The van der Waals surface area contributed by atoms with Gasteiger partial charge >= 0.3 is 0 Å². The van der Waals surface area contributed by atoms with E-state index in [4.69, 9.17) is 5.11 Å². The number of hydrogen-bond donors (Lipinski definition) is 1. The standard InChI is InChI=1S/C19H33NO2/c1-4-9-18(20-14-6-5-7-15-20)13-12-16(2)19(22)11-8-10-17(3)21/h10,18,21H,2,4-9,11-15H2,1,3H3/b17-10-. The average Bonchev–Trinajstić information content (AvgIpc) is 2.51. The van der Waals surface area contributed by atoms with Crippen molar-refractivity contribution in [2.45, 2.75) is 77.7 Å². The van der Waals surface area contributed by atoms with Crippen LogP contribution in [0, 0.1) is 0 Å². The third kappa shape index (κ3) is 7.26. The number of carbonyl (C=O) groups is 1. The molecule has 1 rings (SSSR count). The lowest BCUT2D eigenvalue weighted by atomic mass is 9.96. The quantitative estimate of drug-likeness (QED) is 0.466.